The maximum atomic E-state index is 13.5. The summed E-state index contributed by atoms with van der Waals surface area (Å²) in [7, 11) is 0. The number of allylic oxidation sites excluding steroid dienone is 1. The first-order valence-electron chi connectivity index (χ1n) is 17.3. The minimum absolute atomic E-state index is 0.171. The van der Waals surface area contributed by atoms with E-state index in [0.29, 0.717) is 36.8 Å². The summed E-state index contributed by atoms with van der Waals surface area (Å²) in [6.45, 7) is 9.34. The molecular formula is C36H48N10O3S. The van der Waals surface area contributed by atoms with Crippen LogP contribution < -0.4 is 26.0 Å². The van der Waals surface area contributed by atoms with Crippen LogP contribution in [0, 0.1) is 5.41 Å². The first kappa shape index (κ1) is 35.3. The number of fused-ring (bicyclic) bond motifs is 2. The van der Waals surface area contributed by atoms with Gasteiger partial charge in [0.2, 0.25) is 5.95 Å². The van der Waals surface area contributed by atoms with E-state index in [4.69, 9.17) is 19.6 Å². The Labute approximate surface area is 297 Å². The first-order chi connectivity index (χ1) is 24.2. The molecule has 14 heteroatoms. The Balaban J connectivity index is 1.15. The monoisotopic (exact) mass is 700 g/mol. The number of benzene rings is 1. The predicted octanol–water partition coefficient (Wildman–Crippen LogP) is 6.47. The molecule has 1 aliphatic heterocycles. The van der Waals surface area contributed by atoms with Crippen LogP contribution in [0.4, 0.5) is 16.4 Å². The van der Waals surface area contributed by atoms with Gasteiger partial charge in [-0.05, 0) is 73.8 Å². The summed E-state index contributed by atoms with van der Waals surface area (Å²) in [5.74, 6) is 1.94. The van der Waals surface area contributed by atoms with Gasteiger partial charge in [0.25, 0.3) is 0 Å². The Bertz CT molecular complexity index is 1820. The summed E-state index contributed by atoms with van der Waals surface area (Å²) in [4.78, 5) is 20.5. The third-order valence-electron chi connectivity index (χ3n) is 9.02. The largest absolute Gasteiger partial charge is 0.484 e. The number of aromatic nitrogens is 5. The number of anilines is 1. The van der Waals surface area contributed by atoms with Gasteiger partial charge in [-0.2, -0.15) is 5.10 Å². The van der Waals surface area contributed by atoms with Crippen molar-refractivity contribution in [3.8, 4) is 5.75 Å². The molecule has 266 valence electrons. The molecule has 13 nitrogen and oxygen atoms in total. The van der Waals surface area contributed by atoms with Crippen LogP contribution in [-0.2, 0) is 10.7 Å². The second-order valence-electron chi connectivity index (χ2n) is 13.8. The Morgan fingerprint density at radius 1 is 1.08 bits per heavy atom. The first-order valence-corrected chi connectivity index (χ1v) is 18.5. The van der Waals surface area contributed by atoms with Gasteiger partial charge in [0.05, 0.1) is 31.2 Å². The lowest BCUT2D eigenvalue weighted by molar-refractivity contribution is 0.171. The number of piperidine rings is 1. The zero-order valence-electron chi connectivity index (χ0n) is 29.3. The lowest BCUT2D eigenvalue weighted by Crippen LogP contribution is -2.42. The molecule has 2 atom stereocenters. The number of nitrogens with zero attached hydrogens (tertiary/aromatic N) is 7. The van der Waals surface area contributed by atoms with Gasteiger partial charge in [0.1, 0.15) is 23.4 Å². The Hall–Kier alpha value is -4.56. The molecule has 2 unspecified atom stereocenters. The quantitative estimate of drug-likeness (QED) is 0.0692. The number of nitrogens with two attached hydrogens (primary N) is 1. The highest BCUT2D eigenvalue weighted by Gasteiger charge is 2.30. The number of aryl methyl sites for hydroxylation is 1. The van der Waals surface area contributed by atoms with Crippen LogP contribution in [0.2, 0.25) is 0 Å². The van der Waals surface area contributed by atoms with Gasteiger partial charge in [-0.15, -0.1) is 10.2 Å². The highest BCUT2D eigenvalue weighted by Crippen LogP contribution is 2.39. The average molecular weight is 701 g/mol. The maximum absolute atomic E-state index is 13.5. The van der Waals surface area contributed by atoms with Gasteiger partial charge in [0.15, 0.2) is 5.65 Å². The topological polar surface area (TPSA) is 149 Å². The molecule has 2 amide bonds. The summed E-state index contributed by atoms with van der Waals surface area (Å²) < 4.78 is 15.8. The van der Waals surface area contributed by atoms with Gasteiger partial charge in [-0.3, -0.25) is 14.4 Å². The Morgan fingerprint density at radius 3 is 2.66 bits per heavy atom. The number of ether oxygens (including phenoxy) is 1. The summed E-state index contributed by atoms with van der Waals surface area (Å²) in [6, 6.07) is 11.4. The summed E-state index contributed by atoms with van der Waals surface area (Å²) in [5.41, 5.74) is 10.2. The lowest BCUT2D eigenvalue weighted by Gasteiger charge is -2.32. The number of amidine groups is 1. The van der Waals surface area contributed by atoms with E-state index in [9.17, 15) is 4.79 Å². The van der Waals surface area contributed by atoms with Crippen LogP contribution in [0.3, 0.4) is 0 Å². The molecule has 1 aliphatic carbocycles. The van der Waals surface area contributed by atoms with E-state index in [-0.39, 0.29) is 23.6 Å². The maximum Gasteiger partial charge on any atom is 0.320 e. The van der Waals surface area contributed by atoms with E-state index in [1.807, 2.05) is 72.8 Å². The minimum atomic E-state index is -0.370. The van der Waals surface area contributed by atoms with E-state index >= 15 is 0 Å². The fourth-order valence-electron chi connectivity index (χ4n) is 6.24. The SMILES string of the molecule is CSOCCCn1cc(N=C(C=C(N)C(C)(C)C)NC(=O)NC2CCC(Oc3ccc4nnc(N5CCCCC5)n4c3)c3ccccc32)cn1. The number of carbonyl (C=O) groups excluding carboxylic acids is 1. The Kier molecular flexibility index (Phi) is 11.3. The summed E-state index contributed by atoms with van der Waals surface area (Å²) >= 11 is 1.35. The van der Waals surface area contributed by atoms with E-state index in [0.717, 1.165) is 67.2 Å². The second kappa shape index (κ2) is 16.0. The number of urea groups is 1. The molecule has 1 aromatic carbocycles. The molecule has 3 aromatic heterocycles. The summed E-state index contributed by atoms with van der Waals surface area (Å²) in [5, 5.41) is 19.4. The minimum Gasteiger partial charge on any atom is -0.484 e. The molecule has 0 radical (unpaired) electrons. The number of pyridine rings is 1. The molecule has 0 saturated carbocycles. The van der Waals surface area contributed by atoms with Crippen molar-refractivity contribution in [2.24, 2.45) is 16.1 Å². The Morgan fingerprint density at radius 2 is 1.88 bits per heavy atom. The van der Waals surface area contributed by atoms with Crippen LogP contribution in [-0.4, -0.2) is 62.2 Å². The molecule has 50 heavy (non-hydrogen) atoms. The van der Waals surface area contributed by atoms with Crippen molar-refractivity contribution in [1.29, 1.82) is 0 Å². The third-order valence-corrected chi connectivity index (χ3v) is 9.42. The zero-order chi connectivity index (χ0) is 35.1. The van der Waals surface area contributed by atoms with Crippen LogP contribution in [0.25, 0.3) is 5.65 Å². The second-order valence-corrected chi connectivity index (χ2v) is 14.3. The standard InChI is InChI=1S/C36H48N10O3S/c1-36(2,3)31(37)21-32(39-25-22-38-45(23-25)19-10-20-48-50-4)41-34(47)40-29-14-15-30(28-12-7-6-11-27(28)29)49-26-13-16-33-42-43-35(46(33)24-26)44-17-8-5-9-18-44/h6-7,11-13,16,21-24,29-30H,5,8-10,14-15,17-20,37H2,1-4H3,(H2,39,40,41,47). The molecule has 4 aromatic rings. The predicted molar refractivity (Wildman–Crippen MR) is 198 cm³/mol. The number of nitrogens with one attached hydrogen (secondary N) is 2. The van der Waals surface area contributed by atoms with Crippen LogP contribution in [0.5, 0.6) is 5.75 Å². The van der Waals surface area contributed by atoms with Gasteiger partial charge in [-0.25, -0.2) is 9.79 Å². The van der Waals surface area contributed by atoms with E-state index in [1.165, 1.54) is 18.5 Å². The number of aliphatic imine (C=N–C) groups is 1. The number of amides is 2. The van der Waals surface area contributed by atoms with Crippen LogP contribution >= 0.6 is 12.0 Å². The van der Waals surface area contributed by atoms with Crippen molar-refractivity contribution >= 4 is 41.2 Å². The molecule has 0 spiro atoms. The summed E-state index contributed by atoms with van der Waals surface area (Å²) in [6.07, 6.45) is 14.7. The van der Waals surface area contributed by atoms with Crippen LogP contribution in [0.1, 0.15) is 82.6 Å². The molecule has 0 bridgehead atoms. The van der Waals surface area contributed by atoms with Gasteiger partial charge in [-0.1, -0.05) is 45.0 Å². The zero-order valence-corrected chi connectivity index (χ0v) is 30.2. The molecular weight excluding hydrogens is 653 g/mol. The fraction of sp³-hybridized carbons (Fsp3) is 0.472. The fourth-order valence-corrected chi connectivity index (χ4v) is 6.52. The molecule has 4 heterocycles. The third kappa shape index (κ3) is 8.77. The lowest BCUT2D eigenvalue weighted by atomic mass is 9.85. The van der Waals surface area contributed by atoms with E-state index < -0.39 is 0 Å². The van der Waals surface area contributed by atoms with Crippen molar-refractivity contribution < 1.29 is 13.7 Å². The van der Waals surface area contributed by atoms with Gasteiger partial charge < -0.3 is 24.9 Å². The molecule has 1 fully saturated rings. The molecule has 4 N–H and O–H groups in total. The van der Waals surface area contributed by atoms with Crippen molar-refractivity contribution in [2.45, 2.75) is 78.0 Å². The van der Waals surface area contributed by atoms with E-state index in [1.54, 1.807) is 12.3 Å². The molecule has 6 rings (SSSR count). The van der Waals surface area contributed by atoms with Crippen LogP contribution in [0.15, 0.2) is 71.8 Å². The van der Waals surface area contributed by atoms with Gasteiger partial charge >= 0.3 is 6.03 Å². The average Bonchev–Trinajstić information content (AvgIpc) is 3.74. The molecule has 1 saturated heterocycles. The van der Waals surface area contributed by atoms with Gasteiger partial charge in [0, 0.05) is 43.1 Å². The number of hydrogen-bond acceptors (Lipinski definition) is 10. The van der Waals surface area contributed by atoms with Crippen molar-refractivity contribution in [1.82, 2.24) is 35.0 Å². The smallest absolute Gasteiger partial charge is 0.320 e. The number of carbonyl (C=O) groups is 1. The van der Waals surface area contributed by atoms with Crippen molar-refractivity contribution in [2.75, 3.05) is 30.9 Å². The number of rotatable bonds is 11. The number of hydrogen-bond donors (Lipinski definition) is 3. The highest BCUT2D eigenvalue weighted by molar-refractivity contribution is 7.93. The normalized spacial score (nSPS) is 18.6. The van der Waals surface area contributed by atoms with Crippen molar-refractivity contribution in [3.63, 3.8) is 0 Å². The van der Waals surface area contributed by atoms with Crippen molar-refractivity contribution in [3.05, 3.63) is 77.9 Å². The highest BCUT2D eigenvalue weighted by atomic mass is 32.2. The molecule has 2 aliphatic rings. The van der Waals surface area contributed by atoms with E-state index in [2.05, 4.69) is 43.0 Å².